The van der Waals surface area contributed by atoms with Gasteiger partial charge in [0.15, 0.2) is 0 Å². The number of nitrogens with zero attached hydrogens (tertiary/aromatic N) is 3. The van der Waals surface area contributed by atoms with Gasteiger partial charge < -0.3 is 28.8 Å². The number of hydrogen-bond donors (Lipinski definition) is 3. The van der Waals surface area contributed by atoms with Crippen molar-refractivity contribution in [2.45, 2.75) is 89.1 Å². The summed E-state index contributed by atoms with van der Waals surface area (Å²) in [5, 5.41) is 0.455. The van der Waals surface area contributed by atoms with E-state index >= 15 is 0 Å². The Bertz CT molecular complexity index is 2550. The van der Waals surface area contributed by atoms with Crippen molar-refractivity contribution in [3.05, 3.63) is 77.5 Å². The lowest BCUT2D eigenvalue weighted by molar-refractivity contribution is -0.197. The Morgan fingerprint density at radius 3 is 2.23 bits per heavy atom. The van der Waals surface area contributed by atoms with Crippen LogP contribution >= 0.6 is 0 Å². The summed E-state index contributed by atoms with van der Waals surface area (Å²) in [6.07, 6.45) is 6.67. The second-order valence-corrected chi connectivity index (χ2v) is 22.0. The first-order valence-electron chi connectivity index (χ1n) is 21.4. The van der Waals surface area contributed by atoms with Gasteiger partial charge in [-0.05, 0) is 97.7 Å². The highest BCUT2D eigenvalue weighted by Crippen LogP contribution is 2.51. The fourth-order valence-corrected chi connectivity index (χ4v) is 9.68. The van der Waals surface area contributed by atoms with E-state index in [1.165, 1.54) is 18.2 Å². The van der Waals surface area contributed by atoms with Gasteiger partial charge in [-0.3, -0.25) is 23.2 Å². The quantitative estimate of drug-likeness (QED) is 0.0739. The number of carbonyl (C=O) groups excluding carboxylic acids is 3. The number of fused-ring (bicyclic) bond motifs is 2. The highest BCUT2D eigenvalue weighted by molar-refractivity contribution is 7.86. The molecule has 0 radical (unpaired) electrons. The normalized spacial score (nSPS) is 19.6. The Hall–Kier alpha value is -4.68. The molecule has 2 aromatic carbocycles. The molecule has 1 fully saturated rings. The predicted molar refractivity (Wildman–Crippen MR) is 244 cm³/mol. The van der Waals surface area contributed by atoms with E-state index in [2.05, 4.69) is 20.8 Å². The van der Waals surface area contributed by atoms with Crippen molar-refractivity contribution in [1.82, 2.24) is 5.06 Å². The number of ether oxygens (including phenoxy) is 3. The summed E-state index contributed by atoms with van der Waals surface area (Å²) in [7, 11) is -11.7. The van der Waals surface area contributed by atoms with Gasteiger partial charge >= 0.3 is 5.97 Å². The van der Waals surface area contributed by atoms with Crippen LogP contribution in [0.2, 0.25) is 0 Å². The topological polar surface area (TPSA) is 261 Å². The Balaban J connectivity index is 1.50. The minimum Gasteiger partial charge on any atom is -0.482 e. The summed E-state index contributed by atoms with van der Waals surface area (Å²) < 4.78 is 118. The maximum Gasteiger partial charge on any atom is 0.333 e. The molecular weight excluding hydrogens is 923 g/mol. The van der Waals surface area contributed by atoms with Crippen LogP contribution in [0.1, 0.15) is 83.8 Å². The summed E-state index contributed by atoms with van der Waals surface area (Å²) in [6.45, 7) is 9.82. The van der Waals surface area contributed by atoms with E-state index in [1.54, 1.807) is 37.2 Å². The van der Waals surface area contributed by atoms with Gasteiger partial charge in [-0.1, -0.05) is 26.8 Å². The van der Waals surface area contributed by atoms with E-state index in [4.69, 9.17) is 19.0 Å². The largest absolute Gasteiger partial charge is 0.482 e. The molecule has 1 saturated heterocycles. The average molecular weight is 982 g/mol. The number of allylic oxidation sites excluding steroid dienone is 4. The molecule has 0 saturated carbocycles. The summed E-state index contributed by atoms with van der Waals surface area (Å²) in [6, 6.07) is 9.75. The lowest BCUT2D eigenvalue weighted by Crippen LogP contribution is -2.32. The van der Waals surface area contributed by atoms with Crippen LogP contribution in [0.4, 0.5) is 11.4 Å². The lowest BCUT2D eigenvalue weighted by atomic mass is 9.77. The lowest BCUT2D eigenvalue weighted by Gasteiger charge is -2.33. The molecule has 0 aromatic heterocycles. The van der Waals surface area contributed by atoms with Crippen LogP contribution in [0.5, 0.6) is 5.75 Å². The maximum atomic E-state index is 12.9. The molecule has 66 heavy (non-hydrogen) atoms. The number of hydrogen-bond acceptors (Lipinski definition) is 15. The van der Waals surface area contributed by atoms with E-state index in [-0.39, 0.29) is 63.5 Å². The molecule has 2 aromatic rings. The van der Waals surface area contributed by atoms with Crippen molar-refractivity contribution < 1.29 is 72.3 Å². The number of amides is 2. The molecule has 3 heterocycles. The maximum absolute atomic E-state index is 12.9. The van der Waals surface area contributed by atoms with Crippen molar-refractivity contribution in [2.24, 2.45) is 5.41 Å². The van der Waals surface area contributed by atoms with Crippen LogP contribution in [-0.2, 0) is 64.5 Å². The molecule has 19 nitrogen and oxygen atoms in total. The van der Waals surface area contributed by atoms with Crippen LogP contribution in [0, 0.1) is 5.41 Å². The molecule has 5 rings (SSSR count). The SMILES string of the molecule is COCCOCCN(CCCS(=O)(=O)O)c1ccc2c(c1)OC(/C=C/C=C1/N(CCCS(=O)(=O)O)c3ccc(S(=O)(=O)O)cc3C1(C)CCCC(=O)ON1C(=O)CCC1=O)C=C2C(C)(C)C. The van der Waals surface area contributed by atoms with E-state index < -0.39 is 76.1 Å². The Kier molecular flexibility index (Phi) is 17.0. The standard InChI is InChI=1S/C44H59N3O16S3/c1-43(2,3)35-29-32(62-38-28-31(13-15-34(35)38)45(20-8-26-64(51,52)53)22-23-61-25-24-60-5)10-6-11-39-44(4,19-7-12-42(50)63-47-40(48)17-18-41(47)49)36-30-33(66(57,58)59)14-16-37(36)46(39)21-9-27-65(54,55)56/h6,10-11,13-16,28-30,32H,7-9,12,17-27H2,1-5H3,(H,51,52,53)(H,54,55,56)(H,57,58,59)/b10-6+,39-11+. The van der Waals surface area contributed by atoms with Gasteiger partial charge in [0.2, 0.25) is 0 Å². The molecule has 2 amide bonds. The van der Waals surface area contributed by atoms with Gasteiger partial charge in [-0.15, -0.1) is 5.06 Å². The van der Waals surface area contributed by atoms with Crippen LogP contribution in [0.15, 0.2) is 71.3 Å². The molecule has 3 aliphatic rings. The molecular formula is C44H59N3O16S3. The zero-order chi connectivity index (χ0) is 48.7. The third-order valence-corrected chi connectivity index (χ3v) is 13.9. The van der Waals surface area contributed by atoms with Crippen molar-refractivity contribution in [3.8, 4) is 5.75 Å². The molecule has 3 N–H and O–H groups in total. The first-order valence-corrected chi connectivity index (χ1v) is 26.1. The third kappa shape index (κ3) is 13.9. The summed E-state index contributed by atoms with van der Waals surface area (Å²) in [5.74, 6) is -2.55. The Morgan fingerprint density at radius 2 is 1.59 bits per heavy atom. The van der Waals surface area contributed by atoms with Gasteiger partial charge in [-0.25, -0.2) is 4.79 Å². The van der Waals surface area contributed by atoms with Gasteiger partial charge in [0.25, 0.3) is 42.2 Å². The molecule has 364 valence electrons. The molecule has 0 aliphatic carbocycles. The first-order chi connectivity index (χ1) is 30.8. The Morgan fingerprint density at radius 1 is 0.909 bits per heavy atom. The fraction of sp³-hybridized carbons (Fsp3) is 0.523. The number of anilines is 2. The van der Waals surface area contributed by atoms with E-state index in [9.17, 15) is 53.3 Å². The Labute approximate surface area is 386 Å². The van der Waals surface area contributed by atoms with Crippen LogP contribution < -0.4 is 14.5 Å². The third-order valence-electron chi connectivity index (χ3n) is 11.4. The van der Waals surface area contributed by atoms with Crippen LogP contribution in [-0.4, -0.2) is 126 Å². The predicted octanol–water partition coefficient (Wildman–Crippen LogP) is 5.14. The molecule has 0 spiro atoms. The van der Waals surface area contributed by atoms with Crippen molar-refractivity contribution in [1.29, 1.82) is 0 Å². The van der Waals surface area contributed by atoms with Gasteiger partial charge in [0.1, 0.15) is 11.9 Å². The molecule has 0 bridgehead atoms. The molecule has 2 unspecified atom stereocenters. The number of imide groups is 1. The van der Waals surface area contributed by atoms with Crippen molar-refractivity contribution in [2.75, 3.05) is 67.9 Å². The summed E-state index contributed by atoms with van der Waals surface area (Å²) in [4.78, 5) is 45.4. The molecule has 3 aliphatic heterocycles. The minimum atomic E-state index is -4.68. The van der Waals surface area contributed by atoms with Crippen molar-refractivity contribution >= 4 is 65.1 Å². The van der Waals surface area contributed by atoms with Crippen molar-refractivity contribution in [3.63, 3.8) is 0 Å². The first kappa shape index (κ1) is 52.3. The highest BCUT2D eigenvalue weighted by atomic mass is 32.2. The highest BCUT2D eigenvalue weighted by Gasteiger charge is 2.44. The van der Waals surface area contributed by atoms with Gasteiger partial charge in [0.05, 0.1) is 36.2 Å². The average Bonchev–Trinajstić information content (AvgIpc) is 3.65. The summed E-state index contributed by atoms with van der Waals surface area (Å²) in [5.41, 5.74) is 2.60. The second kappa shape index (κ2) is 21.5. The fourth-order valence-electron chi connectivity index (χ4n) is 8.19. The smallest absolute Gasteiger partial charge is 0.333 e. The number of rotatable bonds is 23. The number of hydroxylamine groups is 2. The number of benzene rings is 2. The van der Waals surface area contributed by atoms with Crippen LogP contribution in [0.25, 0.3) is 5.57 Å². The second-order valence-electron chi connectivity index (χ2n) is 17.4. The molecule has 22 heteroatoms. The number of methoxy groups -OCH3 is 1. The van der Waals surface area contributed by atoms with Crippen LogP contribution in [0.3, 0.4) is 0 Å². The van der Waals surface area contributed by atoms with E-state index in [0.29, 0.717) is 54.1 Å². The summed E-state index contributed by atoms with van der Waals surface area (Å²) >= 11 is 0. The van der Waals surface area contributed by atoms with Gasteiger partial charge in [0, 0.05) is 80.1 Å². The van der Waals surface area contributed by atoms with E-state index in [0.717, 1.165) is 16.8 Å². The van der Waals surface area contributed by atoms with E-state index in [1.807, 2.05) is 29.2 Å². The zero-order valence-electron chi connectivity index (χ0n) is 37.7. The monoisotopic (exact) mass is 981 g/mol. The molecule has 2 atom stereocenters. The number of carbonyl (C=O) groups is 3. The zero-order valence-corrected chi connectivity index (χ0v) is 40.1. The van der Waals surface area contributed by atoms with Gasteiger partial charge in [-0.2, -0.15) is 25.3 Å². The minimum absolute atomic E-state index is 0.0334.